The third-order valence-electron chi connectivity index (χ3n) is 4.41. The van der Waals surface area contributed by atoms with E-state index < -0.39 is 0 Å². The van der Waals surface area contributed by atoms with E-state index in [9.17, 15) is 9.59 Å². The number of nitrogens with one attached hydrogen (secondary N) is 1. The highest BCUT2D eigenvalue weighted by atomic mass is 16.7. The van der Waals surface area contributed by atoms with Crippen LogP contribution in [0.15, 0.2) is 41.3 Å². The molecule has 1 aliphatic heterocycles. The van der Waals surface area contributed by atoms with Crippen LogP contribution in [0.3, 0.4) is 0 Å². The van der Waals surface area contributed by atoms with E-state index in [0.717, 1.165) is 11.1 Å². The van der Waals surface area contributed by atoms with Gasteiger partial charge in [-0.15, -0.1) is 0 Å². The van der Waals surface area contributed by atoms with Gasteiger partial charge in [0.25, 0.3) is 11.5 Å². The Morgan fingerprint density at radius 2 is 1.96 bits per heavy atom. The summed E-state index contributed by atoms with van der Waals surface area (Å²) in [5.41, 5.74) is 1.96. The van der Waals surface area contributed by atoms with Crippen LogP contribution in [0, 0.1) is 0 Å². The first-order valence-corrected chi connectivity index (χ1v) is 7.86. The average Bonchev–Trinajstić information content (AvgIpc) is 3.20. The van der Waals surface area contributed by atoms with Crippen molar-refractivity contribution in [3.05, 3.63) is 58.1 Å². The second-order valence-corrected chi connectivity index (χ2v) is 5.99. The number of nitrogens with zero attached hydrogens (tertiary/aromatic N) is 2. The van der Waals surface area contributed by atoms with Crippen LogP contribution in [0.4, 0.5) is 0 Å². The third kappa shape index (κ3) is 2.53. The number of rotatable bonds is 3. The number of hydrogen-bond donors (Lipinski definition) is 1. The van der Waals surface area contributed by atoms with Gasteiger partial charge in [0.1, 0.15) is 5.69 Å². The van der Waals surface area contributed by atoms with Crippen molar-refractivity contribution in [2.45, 2.75) is 6.54 Å². The zero-order chi connectivity index (χ0) is 17.6. The first kappa shape index (κ1) is 15.3. The number of ether oxygens (including phenoxy) is 2. The molecule has 0 unspecified atom stereocenters. The molecular formula is C18H17N3O4. The number of carbonyl (C=O) groups excluding carboxylic acids is 1. The summed E-state index contributed by atoms with van der Waals surface area (Å²) in [6.45, 7) is 0.574. The third-order valence-corrected chi connectivity index (χ3v) is 4.41. The molecule has 0 spiro atoms. The SMILES string of the molecule is Cn1ccc2c(cc(C(=O)NCc3ccc4c(c3)OCO4)n2C)c1=O. The molecule has 1 amide bonds. The van der Waals surface area contributed by atoms with Gasteiger partial charge >= 0.3 is 0 Å². The summed E-state index contributed by atoms with van der Waals surface area (Å²) in [5, 5.41) is 3.41. The zero-order valence-corrected chi connectivity index (χ0v) is 13.9. The Bertz CT molecular complexity index is 1050. The van der Waals surface area contributed by atoms with E-state index in [4.69, 9.17) is 9.47 Å². The number of hydrogen-bond acceptors (Lipinski definition) is 4. The molecule has 128 valence electrons. The second kappa shape index (κ2) is 5.70. The quantitative estimate of drug-likeness (QED) is 0.785. The van der Waals surface area contributed by atoms with E-state index in [1.807, 2.05) is 24.3 Å². The topological polar surface area (TPSA) is 74.5 Å². The van der Waals surface area contributed by atoms with Gasteiger partial charge in [0.05, 0.1) is 10.9 Å². The van der Waals surface area contributed by atoms with Gasteiger partial charge in [-0.05, 0) is 29.8 Å². The van der Waals surface area contributed by atoms with Crippen molar-refractivity contribution < 1.29 is 14.3 Å². The average molecular weight is 339 g/mol. The van der Waals surface area contributed by atoms with Gasteiger partial charge in [-0.2, -0.15) is 0 Å². The summed E-state index contributed by atoms with van der Waals surface area (Å²) in [6.07, 6.45) is 1.69. The predicted molar refractivity (Wildman–Crippen MR) is 91.9 cm³/mol. The number of amides is 1. The molecule has 3 heterocycles. The van der Waals surface area contributed by atoms with Crippen molar-refractivity contribution in [2.24, 2.45) is 14.1 Å². The number of aryl methyl sites for hydroxylation is 2. The maximum absolute atomic E-state index is 12.5. The van der Waals surface area contributed by atoms with Crippen LogP contribution >= 0.6 is 0 Å². The van der Waals surface area contributed by atoms with Crippen LogP contribution < -0.4 is 20.3 Å². The summed E-state index contributed by atoms with van der Waals surface area (Å²) in [5.74, 6) is 1.15. The van der Waals surface area contributed by atoms with Gasteiger partial charge in [0, 0.05) is 26.8 Å². The molecule has 4 rings (SSSR count). The Hall–Kier alpha value is -3.22. The van der Waals surface area contributed by atoms with Gasteiger partial charge in [0.2, 0.25) is 6.79 Å². The molecule has 1 aromatic carbocycles. The minimum Gasteiger partial charge on any atom is -0.454 e. The molecule has 1 aliphatic rings. The second-order valence-electron chi connectivity index (χ2n) is 5.99. The van der Waals surface area contributed by atoms with Crippen LogP contribution in [0.2, 0.25) is 0 Å². The Morgan fingerprint density at radius 1 is 1.16 bits per heavy atom. The first-order chi connectivity index (χ1) is 12.0. The van der Waals surface area contributed by atoms with Gasteiger partial charge in [-0.25, -0.2) is 0 Å². The summed E-state index contributed by atoms with van der Waals surface area (Å²) in [7, 11) is 3.46. The summed E-state index contributed by atoms with van der Waals surface area (Å²) in [6, 6.07) is 9.01. The molecule has 0 aliphatic carbocycles. The standard InChI is InChI=1S/C18H17N3O4/c1-20-6-5-13-12(18(20)23)8-14(21(13)2)17(22)19-9-11-3-4-15-16(7-11)25-10-24-15/h3-8H,9-10H2,1-2H3,(H,19,22). The van der Waals surface area contributed by atoms with Gasteiger partial charge in [-0.1, -0.05) is 6.07 Å². The molecule has 0 saturated carbocycles. The number of fused-ring (bicyclic) bond motifs is 2. The Labute approximate surface area is 143 Å². The number of carbonyl (C=O) groups is 1. The van der Waals surface area contributed by atoms with E-state index >= 15 is 0 Å². The minimum absolute atomic E-state index is 0.122. The molecule has 0 radical (unpaired) electrons. The van der Waals surface area contributed by atoms with Gasteiger partial charge < -0.3 is 23.9 Å². The molecule has 25 heavy (non-hydrogen) atoms. The summed E-state index contributed by atoms with van der Waals surface area (Å²) in [4.78, 5) is 24.7. The fraction of sp³-hybridized carbons (Fsp3) is 0.222. The number of benzene rings is 1. The van der Waals surface area contributed by atoms with Crippen molar-refractivity contribution in [1.29, 1.82) is 0 Å². The van der Waals surface area contributed by atoms with Crippen molar-refractivity contribution >= 4 is 16.8 Å². The van der Waals surface area contributed by atoms with E-state index in [-0.39, 0.29) is 18.3 Å². The van der Waals surface area contributed by atoms with E-state index in [0.29, 0.717) is 29.1 Å². The smallest absolute Gasteiger partial charge is 0.268 e. The molecule has 3 aromatic rings. The lowest BCUT2D eigenvalue weighted by atomic mass is 10.2. The molecule has 0 atom stereocenters. The van der Waals surface area contributed by atoms with E-state index in [1.54, 1.807) is 30.9 Å². The predicted octanol–water partition coefficient (Wildman–Crippen LogP) is 1.54. The molecule has 7 heteroatoms. The Balaban J connectivity index is 1.57. The van der Waals surface area contributed by atoms with Crippen molar-refractivity contribution in [3.63, 3.8) is 0 Å². The lowest BCUT2D eigenvalue weighted by Crippen LogP contribution is -2.24. The van der Waals surface area contributed by atoms with Crippen LogP contribution in [-0.2, 0) is 20.6 Å². The highest BCUT2D eigenvalue weighted by molar-refractivity contribution is 5.98. The normalized spacial score (nSPS) is 12.6. The highest BCUT2D eigenvalue weighted by Gasteiger charge is 2.17. The molecule has 0 fully saturated rings. The summed E-state index contributed by atoms with van der Waals surface area (Å²) < 4.78 is 13.8. The van der Waals surface area contributed by atoms with E-state index in [2.05, 4.69) is 5.32 Å². The van der Waals surface area contributed by atoms with Crippen LogP contribution in [0.5, 0.6) is 11.5 Å². The zero-order valence-electron chi connectivity index (χ0n) is 13.9. The monoisotopic (exact) mass is 339 g/mol. The summed E-state index contributed by atoms with van der Waals surface area (Å²) >= 11 is 0. The van der Waals surface area contributed by atoms with Gasteiger partial charge in [0.15, 0.2) is 11.5 Å². The van der Waals surface area contributed by atoms with Crippen LogP contribution in [0.1, 0.15) is 16.1 Å². The first-order valence-electron chi connectivity index (χ1n) is 7.86. The largest absolute Gasteiger partial charge is 0.454 e. The van der Waals surface area contributed by atoms with Crippen molar-refractivity contribution in [2.75, 3.05) is 6.79 Å². The van der Waals surface area contributed by atoms with Crippen molar-refractivity contribution in [1.82, 2.24) is 14.5 Å². The highest BCUT2D eigenvalue weighted by Crippen LogP contribution is 2.32. The fourth-order valence-electron chi connectivity index (χ4n) is 2.97. The van der Waals surface area contributed by atoms with Gasteiger partial charge in [-0.3, -0.25) is 9.59 Å². The lowest BCUT2D eigenvalue weighted by molar-refractivity contribution is 0.0943. The Kier molecular flexibility index (Phi) is 3.49. The van der Waals surface area contributed by atoms with Crippen molar-refractivity contribution in [3.8, 4) is 11.5 Å². The molecular weight excluding hydrogens is 322 g/mol. The maximum Gasteiger partial charge on any atom is 0.268 e. The molecule has 1 N–H and O–H groups in total. The minimum atomic E-state index is -0.238. The van der Waals surface area contributed by atoms with E-state index in [1.165, 1.54) is 4.57 Å². The van der Waals surface area contributed by atoms with Crippen LogP contribution in [-0.4, -0.2) is 21.8 Å². The fourth-order valence-corrected chi connectivity index (χ4v) is 2.97. The maximum atomic E-state index is 12.5. The Morgan fingerprint density at radius 3 is 2.80 bits per heavy atom. The number of aromatic nitrogens is 2. The molecule has 2 aromatic heterocycles. The lowest BCUT2D eigenvalue weighted by Gasteiger charge is -2.07. The number of pyridine rings is 1. The van der Waals surface area contributed by atoms with Crippen LogP contribution in [0.25, 0.3) is 10.9 Å². The molecule has 0 saturated heterocycles. The molecule has 0 bridgehead atoms. The molecule has 7 nitrogen and oxygen atoms in total.